The van der Waals surface area contributed by atoms with E-state index in [1.165, 1.54) is 41.8 Å². The molecule has 2 rings (SSSR count). The van der Waals surface area contributed by atoms with Crippen molar-refractivity contribution in [1.82, 2.24) is 10.7 Å². The number of hydrogen-bond donors (Lipinski definition) is 5. The van der Waals surface area contributed by atoms with Gasteiger partial charge in [0.1, 0.15) is 6.10 Å². The average Bonchev–Trinajstić information content (AvgIpc) is 2.86. The minimum absolute atomic E-state index is 0.0431. The van der Waals surface area contributed by atoms with Gasteiger partial charge in [-0.1, -0.05) is 32.4 Å². The molecule has 14 heteroatoms. The molecular formula is C23H30F3N5O5S. The van der Waals surface area contributed by atoms with Crippen molar-refractivity contribution in [2.75, 3.05) is 17.2 Å². The molecule has 37 heavy (non-hydrogen) atoms. The third-order valence-electron chi connectivity index (χ3n) is 5.68. The van der Waals surface area contributed by atoms with Crippen LogP contribution in [-0.2, 0) is 24.4 Å². The maximum Gasteiger partial charge on any atom is 0.472 e. The third-order valence-corrected chi connectivity index (χ3v) is 7.08. The van der Waals surface area contributed by atoms with Crippen molar-refractivity contribution < 1.29 is 36.0 Å². The molecule has 0 aliphatic rings. The summed E-state index contributed by atoms with van der Waals surface area (Å²) in [6, 6.07) is 11.1. The zero-order chi connectivity index (χ0) is 27.8. The number of nitrogens with two attached hydrogens (primary N) is 1. The average molecular weight is 546 g/mol. The number of carbonyl (C=O) groups excluding carboxylic acids is 2. The number of anilines is 2. The molecular weight excluding hydrogens is 515 g/mol. The zero-order valence-corrected chi connectivity index (χ0v) is 21.2. The fraction of sp³-hybridized carbons (Fsp3) is 0.391. The van der Waals surface area contributed by atoms with E-state index in [9.17, 15) is 31.2 Å². The molecule has 2 amide bonds. The highest BCUT2D eigenvalue weighted by atomic mass is 32.2. The van der Waals surface area contributed by atoms with Gasteiger partial charge >= 0.3 is 12.1 Å². The van der Waals surface area contributed by atoms with Crippen LogP contribution in [0, 0.1) is 11.8 Å². The Bertz CT molecular complexity index is 1160. The van der Waals surface area contributed by atoms with E-state index in [1.807, 2.05) is 6.92 Å². The Kier molecular flexibility index (Phi) is 10.3. The first-order valence-electron chi connectivity index (χ1n) is 11.3. The number of halogens is 3. The highest BCUT2D eigenvalue weighted by molar-refractivity contribution is 7.92. The Hall–Kier alpha value is -3.36. The van der Waals surface area contributed by atoms with Crippen LogP contribution in [0.4, 0.5) is 24.5 Å². The van der Waals surface area contributed by atoms with Crippen molar-refractivity contribution in [3.05, 3.63) is 54.1 Å². The van der Waals surface area contributed by atoms with Gasteiger partial charge in [0.25, 0.3) is 10.0 Å². The number of amides is 2. The third kappa shape index (κ3) is 8.33. The summed E-state index contributed by atoms with van der Waals surface area (Å²) in [5, 5.41) is 2.61. The molecule has 204 valence electrons. The summed E-state index contributed by atoms with van der Waals surface area (Å²) in [5.41, 5.74) is 4.48. The van der Waals surface area contributed by atoms with Gasteiger partial charge in [-0.25, -0.2) is 14.3 Å². The Labute approximate surface area is 213 Å². The van der Waals surface area contributed by atoms with E-state index in [2.05, 4.69) is 15.5 Å². The number of hydrazine groups is 1. The van der Waals surface area contributed by atoms with Crippen molar-refractivity contribution in [3.8, 4) is 0 Å². The van der Waals surface area contributed by atoms with Crippen LogP contribution in [-0.4, -0.2) is 33.5 Å². The summed E-state index contributed by atoms with van der Waals surface area (Å²) < 4.78 is 64.7. The fourth-order valence-electron chi connectivity index (χ4n) is 3.65. The van der Waals surface area contributed by atoms with Crippen LogP contribution >= 0.6 is 0 Å². The second-order valence-corrected chi connectivity index (χ2v) is 9.99. The first-order chi connectivity index (χ1) is 17.3. The first kappa shape index (κ1) is 29.9. The van der Waals surface area contributed by atoms with Gasteiger partial charge in [0.05, 0.1) is 10.6 Å². The van der Waals surface area contributed by atoms with E-state index in [0.29, 0.717) is 18.4 Å². The molecule has 0 saturated carbocycles. The van der Waals surface area contributed by atoms with Crippen LogP contribution in [0.25, 0.3) is 0 Å². The van der Waals surface area contributed by atoms with Gasteiger partial charge in [-0.15, -0.1) is 0 Å². The van der Waals surface area contributed by atoms with Gasteiger partial charge in [0.15, 0.2) is 0 Å². The quantitative estimate of drug-likeness (QED) is 0.257. The number of hydrogen-bond acceptors (Lipinski definition) is 7. The SMILES string of the molecule is CCC(CC(C)C(=O)NC)C(ON)c1ccc(S(=O)(=O)Nc2ccc(NNC(=O)C(F)(F)F)cc2)cc1. The van der Waals surface area contributed by atoms with Gasteiger partial charge in [0, 0.05) is 18.7 Å². The molecule has 0 aliphatic heterocycles. The van der Waals surface area contributed by atoms with Crippen LogP contribution in [0.2, 0.25) is 0 Å². The van der Waals surface area contributed by atoms with Crippen LogP contribution < -0.4 is 26.8 Å². The monoisotopic (exact) mass is 545 g/mol. The van der Waals surface area contributed by atoms with E-state index in [4.69, 9.17) is 10.7 Å². The predicted octanol–water partition coefficient (Wildman–Crippen LogP) is 3.22. The molecule has 0 aliphatic carbocycles. The lowest BCUT2D eigenvalue weighted by molar-refractivity contribution is -0.173. The van der Waals surface area contributed by atoms with E-state index >= 15 is 0 Å². The van der Waals surface area contributed by atoms with Crippen molar-refractivity contribution in [1.29, 1.82) is 0 Å². The van der Waals surface area contributed by atoms with Gasteiger partial charge in [-0.2, -0.15) is 13.2 Å². The minimum Gasteiger partial charge on any atom is -0.359 e. The second kappa shape index (κ2) is 12.7. The Morgan fingerprint density at radius 1 is 1.03 bits per heavy atom. The lowest BCUT2D eigenvalue weighted by atomic mass is 9.85. The molecule has 0 heterocycles. The highest BCUT2D eigenvalue weighted by Gasteiger charge is 2.38. The molecule has 3 atom stereocenters. The van der Waals surface area contributed by atoms with Crippen LogP contribution in [0.5, 0.6) is 0 Å². The second-order valence-electron chi connectivity index (χ2n) is 8.30. The smallest absolute Gasteiger partial charge is 0.359 e. The fourth-order valence-corrected chi connectivity index (χ4v) is 4.70. The molecule has 2 aromatic carbocycles. The molecule has 0 saturated heterocycles. The summed E-state index contributed by atoms with van der Waals surface area (Å²) in [6.07, 6.45) is -4.41. The first-order valence-corrected chi connectivity index (χ1v) is 12.7. The number of sulfonamides is 1. The van der Waals surface area contributed by atoms with Gasteiger partial charge in [-0.05, 0) is 54.3 Å². The largest absolute Gasteiger partial charge is 0.472 e. The number of benzene rings is 2. The number of alkyl halides is 3. The molecule has 0 fully saturated rings. The summed E-state index contributed by atoms with van der Waals surface area (Å²) in [7, 11) is -2.43. The zero-order valence-electron chi connectivity index (χ0n) is 20.4. The summed E-state index contributed by atoms with van der Waals surface area (Å²) in [5.74, 6) is 2.92. The summed E-state index contributed by atoms with van der Waals surface area (Å²) in [4.78, 5) is 27.9. The Balaban J connectivity index is 2.09. The molecule has 0 aromatic heterocycles. The number of nitrogens with one attached hydrogen (secondary N) is 4. The van der Waals surface area contributed by atoms with Crippen LogP contribution in [0.1, 0.15) is 38.4 Å². The summed E-state index contributed by atoms with van der Waals surface area (Å²) >= 11 is 0. The standard InChI is InChI=1S/C23H30F3N5O5S/c1-4-15(13-14(2)21(32)28-3)20(36-27)16-5-11-19(12-6-16)37(34,35)31-18-9-7-17(8-10-18)29-30-22(33)23(24,25)26/h5-12,14-15,20,29,31H,4,13,27H2,1-3H3,(H,28,32)(H,30,33). The Morgan fingerprint density at radius 3 is 2.08 bits per heavy atom. The van der Waals surface area contributed by atoms with E-state index in [0.717, 1.165) is 0 Å². The van der Waals surface area contributed by atoms with E-state index in [-0.39, 0.29) is 34.0 Å². The van der Waals surface area contributed by atoms with Gasteiger partial charge in [0.2, 0.25) is 5.91 Å². The normalized spacial score (nSPS) is 14.2. The minimum atomic E-state index is -5.05. The molecule has 3 unspecified atom stereocenters. The predicted molar refractivity (Wildman–Crippen MR) is 131 cm³/mol. The summed E-state index contributed by atoms with van der Waals surface area (Å²) in [6.45, 7) is 3.75. The van der Waals surface area contributed by atoms with E-state index in [1.54, 1.807) is 26.1 Å². The van der Waals surface area contributed by atoms with Crippen molar-refractivity contribution >= 4 is 33.2 Å². The number of carbonyl (C=O) groups is 2. The van der Waals surface area contributed by atoms with Crippen LogP contribution in [0.3, 0.4) is 0 Å². The Morgan fingerprint density at radius 2 is 1.59 bits per heavy atom. The number of rotatable bonds is 12. The van der Waals surface area contributed by atoms with E-state index < -0.39 is 28.2 Å². The lowest BCUT2D eigenvalue weighted by Gasteiger charge is -2.27. The maximum absolute atomic E-state index is 12.8. The van der Waals surface area contributed by atoms with Gasteiger partial charge < -0.3 is 5.32 Å². The van der Waals surface area contributed by atoms with Crippen molar-refractivity contribution in [2.45, 2.75) is 43.9 Å². The molecule has 0 radical (unpaired) electrons. The molecule has 0 spiro atoms. The molecule has 6 N–H and O–H groups in total. The highest BCUT2D eigenvalue weighted by Crippen LogP contribution is 2.33. The van der Waals surface area contributed by atoms with Crippen molar-refractivity contribution in [2.24, 2.45) is 17.7 Å². The molecule has 2 aromatic rings. The van der Waals surface area contributed by atoms with Crippen molar-refractivity contribution in [3.63, 3.8) is 0 Å². The topological polar surface area (TPSA) is 152 Å². The molecule has 10 nitrogen and oxygen atoms in total. The van der Waals surface area contributed by atoms with Crippen LogP contribution in [0.15, 0.2) is 53.4 Å². The van der Waals surface area contributed by atoms with Gasteiger partial charge in [-0.3, -0.25) is 30.0 Å². The molecule has 0 bridgehead atoms. The maximum atomic E-state index is 12.8. The lowest BCUT2D eigenvalue weighted by Crippen LogP contribution is -2.40.